The number of rotatable bonds is 10. The fraction of sp³-hybridized carbons (Fsp3) is 0.500. The molecule has 2 aliphatic rings. The highest BCUT2D eigenvalue weighted by atomic mass is 32.2. The Bertz CT molecular complexity index is 1190. The van der Waals surface area contributed by atoms with Crippen LogP contribution >= 0.6 is 0 Å². The molecule has 0 bridgehead atoms. The molecule has 2 aromatic rings. The van der Waals surface area contributed by atoms with Gasteiger partial charge in [-0.2, -0.15) is 0 Å². The SMILES string of the molecule is CC(C)=CCCN1CCC(NC(=O)[C@](O)(c2ccccc2)[C@H]2CC[C@H](NS(=O)(=O)c3ccccc3)C2)CC1. The van der Waals surface area contributed by atoms with Gasteiger partial charge in [0, 0.05) is 37.6 Å². The predicted molar refractivity (Wildman–Crippen MR) is 150 cm³/mol. The molecular formula is C30H41N3O4S. The molecule has 206 valence electrons. The molecule has 1 aliphatic carbocycles. The first-order valence-electron chi connectivity index (χ1n) is 13.7. The van der Waals surface area contributed by atoms with Gasteiger partial charge >= 0.3 is 0 Å². The van der Waals surface area contributed by atoms with Crippen molar-refractivity contribution in [3.8, 4) is 0 Å². The molecule has 7 nitrogen and oxygen atoms in total. The van der Waals surface area contributed by atoms with E-state index < -0.39 is 21.5 Å². The van der Waals surface area contributed by atoms with Gasteiger partial charge in [0.1, 0.15) is 0 Å². The largest absolute Gasteiger partial charge is 0.375 e. The van der Waals surface area contributed by atoms with Crippen LogP contribution in [0.3, 0.4) is 0 Å². The van der Waals surface area contributed by atoms with Crippen molar-refractivity contribution in [2.24, 2.45) is 5.92 Å². The number of nitrogens with one attached hydrogen (secondary N) is 2. The fourth-order valence-electron chi connectivity index (χ4n) is 5.73. The third-order valence-corrected chi connectivity index (χ3v) is 9.42. The Morgan fingerprint density at radius 1 is 0.974 bits per heavy atom. The van der Waals surface area contributed by atoms with Gasteiger partial charge in [-0.3, -0.25) is 4.79 Å². The number of carbonyl (C=O) groups is 1. The molecule has 0 spiro atoms. The monoisotopic (exact) mass is 539 g/mol. The Kier molecular flexibility index (Phi) is 9.41. The summed E-state index contributed by atoms with van der Waals surface area (Å²) in [6.45, 7) is 7.07. The minimum Gasteiger partial charge on any atom is -0.375 e. The van der Waals surface area contributed by atoms with Crippen molar-refractivity contribution in [3.63, 3.8) is 0 Å². The van der Waals surface area contributed by atoms with Crippen molar-refractivity contribution < 1.29 is 18.3 Å². The molecule has 0 aromatic heterocycles. The summed E-state index contributed by atoms with van der Waals surface area (Å²) in [5, 5.41) is 15.2. The van der Waals surface area contributed by atoms with E-state index in [1.807, 2.05) is 18.2 Å². The fourth-order valence-corrected chi connectivity index (χ4v) is 7.04. The highest BCUT2D eigenvalue weighted by Crippen LogP contribution is 2.41. The Labute approximate surface area is 227 Å². The second kappa shape index (κ2) is 12.6. The lowest BCUT2D eigenvalue weighted by Crippen LogP contribution is -2.54. The van der Waals surface area contributed by atoms with E-state index in [1.54, 1.807) is 42.5 Å². The molecule has 3 atom stereocenters. The maximum atomic E-state index is 13.7. The summed E-state index contributed by atoms with van der Waals surface area (Å²) in [6, 6.07) is 17.0. The Balaban J connectivity index is 1.42. The number of carbonyl (C=O) groups excluding carboxylic acids is 1. The zero-order valence-corrected chi connectivity index (χ0v) is 23.3. The number of allylic oxidation sites excluding steroid dienone is 1. The lowest BCUT2D eigenvalue weighted by Gasteiger charge is -2.37. The molecule has 1 amide bonds. The van der Waals surface area contributed by atoms with E-state index in [9.17, 15) is 18.3 Å². The van der Waals surface area contributed by atoms with E-state index in [0.717, 1.165) is 38.9 Å². The molecule has 8 heteroatoms. The van der Waals surface area contributed by atoms with E-state index in [2.05, 4.69) is 34.9 Å². The average molecular weight is 540 g/mol. The maximum absolute atomic E-state index is 13.7. The number of likely N-dealkylation sites (tertiary alicyclic amines) is 1. The van der Waals surface area contributed by atoms with E-state index >= 15 is 0 Å². The van der Waals surface area contributed by atoms with Gasteiger partial charge in [-0.25, -0.2) is 13.1 Å². The van der Waals surface area contributed by atoms with Crippen molar-refractivity contribution in [2.45, 2.75) is 75.0 Å². The van der Waals surface area contributed by atoms with Crippen LogP contribution in [0.4, 0.5) is 0 Å². The number of hydrogen-bond acceptors (Lipinski definition) is 5. The second-order valence-electron chi connectivity index (χ2n) is 10.9. The van der Waals surface area contributed by atoms with Crippen LogP contribution in [0.5, 0.6) is 0 Å². The highest BCUT2D eigenvalue weighted by Gasteiger charge is 2.49. The number of benzene rings is 2. The normalized spacial score (nSPS) is 22.5. The van der Waals surface area contributed by atoms with Crippen molar-refractivity contribution in [2.75, 3.05) is 19.6 Å². The molecule has 1 saturated heterocycles. The third kappa shape index (κ3) is 6.91. The zero-order chi connectivity index (χ0) is 27.2. The molecule has 0 radical (unpaired) electrons. The molecule has 1 aliphatic heterocycles. The van der Waals surface area contributed by atoms with Crippen LogP contribution in [0.25, 0.3) is 0 Å². The van der Waals surface area contributed by atoms with Gasteiger partial charge in [-0.05, 0) is 70.1 Å². The second-order valence-corrected chi connectivity index (χ2v) is 12.6. The van der Waals surface area contributed by atoms with Crippen molar-refractivity contribution in [1.82, 2.24) is 14.9 Å². The first-order valence-corrected chi connectivity index (χ1v) is 15.2. The van der Waals surface area contributed by atoms with Crippen LogP contribution in [0, 0.1) is 5.92 Å². The van der Waals surface area contributed by atoms with Gasteiger partial charge in [0.25, 0.3) is 5.91 Å². The molecule has 1 heterocycles. The highest BCUT2D eigenvalue weighted by molar-refractivity contribution is 7.89. The van der Waals surface area contributed by atoms with Crippen LogP contribution in [-0.4, -0.2) is 56.0 Å². The topological polar surface area (TPSA) is 98.7 Å². The smallest absolute Gasteiger partial charge is 0.257 e. The maximum Gasteiger partial charge on any atom is 0.257 e. The number of amides is 1. The minimum atomic E-state index is -3.68. The zero-order valence-electron chi connectivity index (χ0n) is 22.5. The van der Waals surface area contributed by atoms with Crippen molar-refractivity contribution >= 4 is 15.9 Å². The third-order valence-electron chi connectivity index (χ3n) is 7.88. The minimum absolute atomic E-state index is 0.00576. The summed E-state index contributed by atoms with van der Waals surface area (Å²) < 4.78 is 28.5. The van der Waals surface area contributed by atoms with E-state index in [1.165, 1.54) is 5.57 Å². The Hall–Kier alpha value is -2.52. The van der Waals surface area contributed by atoms with Crippen molar-refractivity contribution in [3.05, 3.63) is 77.9 Å². The van der Waals surface area contributed by atoms with Gasteiger partial charge in [-0.15, -0.1) is 0 Å². The molecule has 4 rings (SSSR count). The summed E-state index contributed by atoms with van der Waals surface area (Å²) in [7, 11) is -3.68. The summed E-state index contributed by atoms with van der Waals surface area (Å²) in [6.07, 6.45) is 6.46. The average Bonchev–Trinajstić information content (AvgIpc) is 3.38. The standard InChI is InChI=1S/C30H41N3O4S/c1-23(2)10-9-19-33-20-17-26(18-21-33)31-29(34)30(35,24-11-5-3-6-12-24)25-15-16-27(22-25)32-38(36,37)28-13-7-4-8-14-28/h3-8,10-14,25-27,32,35H,9,15-22H2,1-2H3,(H,31,34)/t25-,27-,30-/m0/s1. The van der Waals surface area contributed by atoms with Gasteiger partial charge in [0.2, 0.25) is 10.0 Å². The van der Waals surface area contributed by atoms with E-state index in [0.29, 0.717) is 24.8 Å². The van der Waals surface area contributed by atoms with E-state index in [-0.39, 0.29) is 22.9 Å². The van der Waals surface area contributed by atoms with Crippen molar-refractivity contribution in [1.29, 1.82) is 0 Å². The summed E-state index contributed by atoms with van der Waals surface area (Å²) in [5.74, 6) is -0.791. The van der Waals surface area contributed by atoms with Gasteiger partial charge in [0.05, 0.1) is 4.90 Å². The lowest BCUT2D eigenvalue weighted by molar-refractivity contribution is -0.148. The van der Waals surface area contributed by atoms with Gasteiger partial charge in [0.15, 0.2) is 5.60 Å². The van der Waals surface area contributed by atoms with E-state index in [4.69, 9.17) is 0 Å². The summed E-state index contributed by atoms with van der Waals surface area (Å²) in [4.78, 5) is 16.4. The van der Waals surface area contributed by atoms with Crippen LogP contribution in [0.15, 0.2) is 77.2 Å². The number of piperidine rings is 1. The van der Waals surface area contributed by atoms with Crippen LogP contribution in [0.1, 0.15) is 57.9 Å². The molecule has 2 aromatic carbocycles. The number of hydrogen-bond donors (Lipinski definition) is 3. The Morgan fingerprint density at radius 2 is 1.61 bits per heavy atom. The molecule has 0 unspecified atom stereocenters. The molecule has 2 fully saturated rings. The number of nitrogens with zero attached hydrogens (tertiary/aromatic N) is 1. The lowest BCUT2D eigenvalue weighted by atomic mass is 9.79. The van der Waals surface area contributed by atoms with Crippen LogP contribution < -0.4 is 10.0 Å². The quantitative estimate of drug-likeness (QED) is 0.397. The first kappa shape index (κ1) is 28.5. The first-order chi connectivity index (χ1) is 18.2. The van der Waals surface area contributed by atoms with Crippen LogP contribution in [0.2, 0.25) is 0 Å². The number of sulfonamides is 1. The van der Waals surface area contributed by atoms with Gasteiger partial charge in [-0.1, -0.05) is 60.2 Å². The molecular weight excluding hydrogens is 498 g/mol. The molecule has 3 N–H and O–H groups in total. The number of aliphatic hydroxyl groups is 1. The summed E-state index contributed by atoms with van der Waals surface area (Å²) in [5.41, 5.74) is 0.150. The summed E-state index contributed by atoms with van der Waals surface area (Å²) >= 11 is 0. The van der Waals surface area contributed by atoms with Crippen LogP contribution in [-0.2, 0) is 20.4 Å². The van der Waals surface area contributed by atoms with Gasteiger partial charge < -0.3 is 15.3 Å². The predicted octanol–water partition coefficient (Wildman–Crippen LogP) is 3.96. The molecule has 1 saturated carbocycles. The Morgan fingerprint density at radius 3 is 2.24 bits per heavy atom. The molecule has 38 heavy (non-hydrogen) atoms.